The van der Waals surface area contributed by atoms with Crippen LogP contribution in [0, 0.1) is 0 Å². The smallest absolute Gasteiger partial charge is 0.340 e. The van der Waals surface area contributed by atoms with Crippen molar-refractivity contribution >= 4 is 11.9 Å². The molecule has 24 heavy (non-hydrogen) atoms. The Morgan fingerprint density at radius 2 is 1.88 bits per heavy atom. The molecule has 0 aliphatic carbocycles. The van der Waals surface area contributed by atoms with Gasteiger partial charge in [-0.15, -0.1) is 0 Å². The quantitative estimate of drug-likeness (QED) is 0.785. The van der Waals surface area contributed by atoms with Crippen LogP contribution in [-0.4, -0.2) is 30.8 Å². The van der Waals surface area contributed by atoms with Crippen LogP contribution in [0.15, 0.2) is 42.5 Å². The van der Waals surface area contributed by atoms with Crippen LogP contribution in [-0.2, 0) is 11.3 Å². The lowest BCUT2D eigenvalue weighted by atomic mass is 10.1. The fourth-order valence-electron chi connectivity index (χ4n) is 2.17. The minimum Gasteiger partial charge on any atom is -0.497 e. The molecule has 2 aromatic rings. The van der Waals surface area contributed by atoms with Gasteiger partial charge in [0.25, 0.3) is 0 Å². The van der Waals surface area contributed by atoms with Crippen molar-refractivity contribution in [2.45, 2.75) is 13.5 Å². The SMILES string of the molecule is CCOC(=O)c1cccc(OCc2cccc(OC)c2)c1C(=O)O. The monoisotopic (exact) mass is 330 g/mol. The average Bonchev–Trinajstić information content (AvgIpc) is 2.59. The molecule has 0 saturated heterocycles. The molecule has 6 heteroatoms. The van der Waals surface area contributed by atoms with E-state index in [9.17, 15) is 14.7 Å². The highest BCUT2D eigenvalue weighted by atomic mass is 16.5. The standard InChI is InChI=1S/C18H18O6/c1-3-23-18(21)14-8-5-9-15(16(14)17(19)20)24-11-12-6-4-7-13(10-12)22-2/h4-10H,3,11H2,1-2H3,(H,19,20). The van der Waals surface area contributed by atoms with Gasteiger partial charge in [-0.05, 0) is 36.8 Å². The summed E-state index contributed by atoms with van der Waals surface area (Å²) in [6, 6.07) is 11.7. The summed E-state index contributed by atoms with van der Waals surface area (Å²) in [5.41, 5.74) is 0.568. The van der Waals surface area contributed by atoms with Crippen LogP contribution >= 0.6 is 0 Å². The normalized spacial score (nSPS) is 10.1. The Kier molecular flexibility index (Phi) is 5.78. The molecule has 0 aliphatic rings. The second-order valence-corrected chi connectivity index (χ2v) is 4.84. The van der Waals surface area contributed by atoms with E-state index in [1.165, 1.54) is 12.1 Å². The largest absolute Gasteiger partial charge is 0.497 e. The Balaban J connectivity index is 2.27. The van der Waals surface area contributed by atoms with Crippen LogP contribution in [0.1, 0.15) is 33.2 Å². The first-order valence-electron chi connectivity index (χ1n) is 7.36. The number of carbonyl (C=O) groups excluding carboxylic acids is 1. The third-order valence-electron chi connectivity index (χ3n) is 3.26. The first kappa shape index (κ1) is 17.3. The zero-order valence-electron chi connectivity index (χ0n) is 13.4. The Morgan fingerprint density at radius 1 is 1.12 bits per heavy atom. The van der Waals surface area contributed by atoms with Gasteiger partial charge < -0.3 is 19.3 Å². The number of methoxy groups -OCH3 is 1. The maximum atomic E-state index is 11.9. The van der Waals surface area contributed by atoms with Gasteiger partial charge in [-0.1, -0.05) is 18.2 Å². The third kappa shape index (κ3) is 4.04. The summed E-state index contributed by atoms with van der Waals surface area (Å²) in [5, 5.41) is 9.44. The van der Waals surface area contributed by atoms with Crippen LogP contribution in [0.4, 0.5) is 0 Å². The van der Waals surface area contributed by atoms with Crippen molar-refractivity contribution < 1.29 is 28.9 Å². The van der Waals surface area contributed by atoms with Gasteiger partial charge in [-0.3, -0.25) is 0 Å². The maximum absolute atomic E-state index is 11.9. The van der Waals surface area contributed by atoms with E-state index in [1.54, 1.807) is 32.2 Å². The van der Waals surface area contributed by atoms with E-state index in [0.717, 1.165) is 5.56 Å². The molecule has 0 unspecified atom stereocenters. The van der Waals surface area contributed by atoms with Gasteiger partial charge in [-0.25, -0.2) is 9.59 Å². The summed E-state index contributed by atoms with van der Waals surface area (Å²) < 4.78 is 15.6. The number of aromatic carboxylic acids is 1. The number of hydrogen-bond donors (Lipinski definition) is 1. The van der Waals surface area contributed by atoms with E-state index in [-0.39, 0.29) is 30.1 Å². The van der Waals surface area contributed by atoms with Gasteiger partial charge in [0.1, 0.15) is 23.7 Å². The molecular weight excluding hydrogens is 312 g/mol. The van der Waals surface area contributed by atoms with Crippen molar-refractivity contribution in [3.05, 3.63) is 59.2 Å². The van der Waals surface area contributed by atoms with E-state index in [0.29, 0.717) is 5.75 Å². The third-order valence-corrected chi connectivity index (χ3v) is 3.26. The van der Waals surface area contributed by atoms with Gasteiger partial charge in [0.15, 0.2) is 0 Å². The molecule has 0 bridgehead atoms. The Hall–Kier alpha value is -3.02. The van der Waals surface area contributed by atoms with Gasteiger partial charge in [0, 0.05) is 0 Å². The highest BCUT2D eigenvalue weighted by Gasteiger charge is 2.22. The van der Waals surface area contributed by atoms with Crippen LogP contribution in [0.3, 0.4) is 0 Å². The number of carboxylic acid groups (broad SMARTS) is 1. The molecule has 0 atom stereocenters. The van der Waals surface area contributed by atoms with Crippen molar-refractivity contribution in [2.75, 3.05) is 13.7 Å². The molecule has 6 nitrogen and oxygen atoms in total. The molecule has 2 rings (SSSR count). The Bertz CT molecular complexity index is 738. The molecule has 0 heterocycles. The fourth-order valence-corrected chi connectivity index (χ4v) is 2.17. The van der Waals surface area contributed by atoms with Crippen molar-refractivity contribution in [1.82, 2.24) is 0 Å². The second-order valence-electron chi connectivity index (χ2n) is 4.84. The first-order valence-corrected chi connectivity index (χ1v) is 7.36. The molecule has 0 aromatic heterocycles. The number of rotatable bonds is 7. The molecule has 0 radical (unpaired) electrons. The van der Waals surface area contributed by atoms with Crippen LogP contribution < -0.4 is 9.47 Å². The molecule has 1 N–H and O–H groups in total. The number of carboxylic acids is 1. The summed E-state index contributed by atoms with van der Waals surface area (Å²) in [4.78, 5) is 23.5. The Morgan fingerprint density at radius 3 is 2.54 bits per heavy atom. The molecule has 0 saturated carbocycles. The summed E-state index contributed by atoms with van der Waals surface area (Å²) in [6.45, 7) is 1.96. The van der Waals surface area contributed by atoms with E-state index < -0.39 is 11.9 Å². The number of hydrogen-bond acceptors (Lipinski definition) is 5. The van der Waals surface area contributed by atoms with Crippen LogP contribution in [0.5, 0.6) is 11.5 Å². The minimum atomic E-state index is -1.25. The lowest BCUT2D eigenvalue weighted by Gasteiger charge is -2.12. The number of esters is 1. The molecular formula is C18H18O6. The molecule has 0 spiro atoms. The summed E-state index contributed by atoms with van der Waals surface area (Å²) >= 11 is 0. The lowest BCUT2D eigenvalue weighted by molar-refractivity contribution is 0.0513. The van der Waals surface area contributed by atoms with Gasteiger partial charge in [0.05, 0.1) is 19.3 Å². The number of ether oxygens (including phenoxy) is 3. The van der Waals surface area contributed by atoms with Crippen LogP contribution in [0.2, 0.25) is 0 Å². The zero-order chi connectivity index (χ0) is 17.5. The molecule has 0 fully saturated rings. The minimum absolute atomic E-state index is 0.0347. The Labute approximate surface area is 139 Å². The summed E-state index contributed by atoms with van der Waals surface area (Å²) in [7, 11) is 1.56. The van der Waals surface area contributed by atoms with Gasteiger partial charge >= 0.3 is 11.9 Å². The topological polar surface area (TPSA) is 82.1 Å². The fraction of sp³-hybridized carbons (Fsp3) is 0.222. The van der Waals surface area contributed by atoms with Crippen LogP contribution in [0.25, 0.3) is 0 Å². The average molecular weight is 330 g/mol. The summed E-state index contributed by atoms with van der Waals surface area (Å²) in [5.74, 6) is -1.16. The highest BCUT2D eigenvalue weighted by molar-refractivity contribution is 6.04. The van der Waals surface area contributed by atoms with Crippen molar-refractivity contribution in [2.24, 2.45) is 0 Å². The molecule has 126 valence electrons. The predicted octanol–water partition coefficient (Wildman–Crippen LogP) is 3.15. The molecule has 0 aliphatic heterocycles. The maximum Gasteiger partial charge on any atom is 0.340 e. The number of carbonyl (C=O) groups is 2. The highest BCUT2D eigenvalue weighted by Crippen LogP contribution is 2.25. The van der Waals surface area contributed by atoms with Crippen molar-refractivity contribution in [3.63, 3.8) is 0 Å². The zero-order valence-corrected chi connectivity index (χ0v) is 13.4. The van der Waals surface area contributed by atoms with E-state index >= 15 is 0 Å². The molecule has 2 aromatic carbocycles. The van der Waals surface area contributed by atoms with Crippen molar-refractivity contribution in [3.8, 4) is 11.5 Å². The number of benzene rings is 2. The van der Waals surface area contributed by atoms with E-state index in [1.807, 2.05) is 12.1 Å². The van der Waals surface area contributed by atoms with E-state index in [2.05, 4.69) is 0 Å². The van der Waals surface area contributed by atoms with Gasteiger partial charge in [-0.2, -0.15) is 0 Å². The first-order chi connectivity index (χ1) is 11.6. The van der Waals surface area contributed by atoms with Crippen molar-refractivity contribution in [1.29, 1.82) is 0 Å². The van der Waals surface area contributed by atoms with E-state index in [4.69, 9.17) is 14.2 Å². The lowest BCUT2D eigenvalue weighted by Crippen LogP contribution is -2.13. The second kappa shape index (κ2) is 8.01. The van der Waals surface area contributed by atoms with Gasteiger partial charge in [0.2, 0.25) is 0 Å². The molecule has 0 amide bonds. The predicted molar refractivity (Wildman–Crippen MR) is 86.7 cm³/mol. The summed E-state index contributed by atoms with van der Waals surface area (Å²) in [6.07, 6.45) is 0.